The number of ether oxygens (including phenoxy) is 1. The molecule has 0 saturated carbocycles. The molecule has 0 aliphatic rings. The predicted molar refractivity (Wildman–Crippen MR) is 82.0 cm³/mol. The van der Waals surface area contributed by atoms with E-state index in [1.165, 1.54) is 0 Å². The maximum Gasteiger partial charge on any atom is 0.258 e. The van der Waals surface area contributed by atoms with Crippen molar-refractivity contribution in [1.29, 1.82) is 0 Å². The van der Waals surface area contributed by atoms with Gasteiger partial charge in [0.1, 0.15) is 5.75 Å². The summed E-state index contributed by atoms with van der Waals surface area (Å²) in [5, 5.41) is 4.90. The van der Waals surface area contributed by atoms with Gasteiger partial charge in [0, 0.05) is 10.6 Å². The van der Waals surface area contributed by atoms with Crippen molar-refractivity contribution in [3.05, 3.63) is 46.2 Å². The van der Waals surface area contributed by atoms with Crippen LogP contribution in [0.15, 0.2) is 35.7 Å². The maximum absolute atomic E-state index is 11.8. The van der Waals surface area contributed by atoms with Crippen molar-refractivity contribution < 1.29 is 9.53 Å². The van der Waals surface area contributed by atoms with Crippen LogP contribution in [0.3, 0.4) is 0 Å². The Morgan fingerprint density at radius 2 is 2.25 bits per heavy atom. The molecule has 4 nitrogen and oxygen atoms in total. The molecule has 106 valence electrons. The molecule has 2 rings (SSSR count). The molecule has 2 aromatic rings. The number of carbonyl (C=O) groups is 1. The molecule has 0 fully saturated rings. The van der Waals surface area contributed by atoms with Crippen LogP contribution >= 0.6 is 11.3 Å². The summed E-state index contributed by atoms with van der Waals surface area (Å²) >= 11 is 1.62. The van der Waals surface area contributed by atoms with Crippen LogP contribution in [-0.2, 0) is 4.79 Å². The predicted octanol–water partition coefficient (Wildman–Crippen LogP) is 2.89. The van der Waals surface area contributed by atoms with Crippen molar-refractivity contribution in [2.24, 2.45) is 0 Å². The highest BCUT2D eigenvalue weighted by atomic mass is 32.1. The third-order valence-corrected chi connectivity index (χ3v) is 3.96. The summed E-state index contributed by atoms with van der Waals surface area (Å²) in [7, 11) is 0. The average molecular weight is 290 g/mol. The first-order valence-corrected chi connectivity index (χ1v) is 7.26. The lowest BCUT2D eigenvalue weighted by Crippen LogP contribution is -2.30. The molecule has 1 unspecified atom stereocenters. The lowest BCUT2D eigenvalue weighted by Gasteiger charge is -2.13. The highest BCUT2D eigenvalue weighted by Crippen LogP contribution is 2.20. The Hall–Kier alpha value is -2.01. The number of hydrogen-bond donors (Lipinski definition) is 2. The number of thiophene rings is 1. The number of carbonyl (C=O) groups excluding carboxylic acids is 1. The van der Waals surface area contributed by atoms with E-state index in [9.17, 15) is 4.79 Å². The second-order valence-corrected chi connectivity index (χ2v) is 5.60. The molecule has 20 heavy (non-hydrogen) atoms. The number of hydrogen-bond acceptors (Lipinski definition) is 4. The van der Waals surface area contributed by atoms with Crippen LogP contribution in [-0.4, -0.2) is 12.5 Å². The van der Waals surface area contributed by atoms with Crippen LogP contribution in [0.4, 0.5) is 5.69 Å². The first-order chi connectivity index (χ1) is 9.56. The van der Waals surface area contributed by atoms with Crippen molar-refractivity contribution in [2.45, 2.75) is 19.9 Å². The van der Waals surface area contributed by atoms with E-state index in [2.05, 4.69) is 5.32 Å². The third-order valence-electron chi connectivity index (χ3n) is 2.91. The molecule has 5 heteroatoms. The largest absolute Gasteiger partial charge is 0.484 e. The minimum absolute atomic E-state index is 0.000470. The minimum Gasteiger partial charge on any atom is -0.484 e. The molecule has 1 amide bonds. The Morgan fingerprint density at radius 3 is 2.90 bits per heavy atom. The van der Waals surface area contributed by atoms with Crippen molar-refractivity contribution >= 4 is 22.9 Å². The highest BCUT2D eigenvalue weighted by molar-refractivity contribution is 7.10. The quantitative estimate of drug-likeness (QED) is 0.832. The first kappa shape index (κ1) is 14.4. The van der Waals surface area contributed by atoms with E-state index in [4.69, 9.17) is 10.5 Å². The van der Waals surface area contributed by atoms with Crippen molar-refractivity contribution in [2.75, 3.05) is 12.3 Å². The van der Waals surface area contributed by atoms with Gasteiger partial charge >= 0.3 is 0 Å². The molecule has 0 bridgehead atoms. The lowest BCUT2D eigenvalue weighted by molar-refractivity contribution is -0.123. The van der Waals surface area contributed by atoms with Crippen LogP contribution in [0.2, 0.25) is 0 Å². The molecular weight excluding hydrogens is 272 g/mol. The van der Waals surface area contributed by atoms with Crippen LogP contribution in [0, 0.1) is 6.92 Å². The van der Waals surface area contributed by atoms with Crippen LogP contribution in [0.5, 0.6) is 5.75 Å². The normalized spacial score (nSPS) is 11.9. The van der Waals surface area contributed by atoms with Gasteiger partial charge in [0.05, 0.1) is 6.04 Å². The number of benzene rings is 1. The topological polar surface area (TPSA) is 64.3 Å². The lowest BCUT2D eigenvalue weighted by atomic mass is 10.2. The van der Waals surface area contributed by atoms with E-state index < -0.39 is 0 Å². The van der Waals surface area contributed by atoms with Crippen molar-refractivity contribution in [1.82, 2.24) is 5.32 Å². The second kappa shape index (κ2) is 6.43. The summed E-state index contributed by atoms with van der Waals surface area (Å²) in [5.41, 5.74) is 7.28. The SMILES string of the molecule is Cc1cc(N)ccc1OCC(=O)NC(C)c1cccs1. The van der Waals surface area contributed by atoms with Crippen molar-refractivity contribution in [3.63, 3.8) is 0 Å². The Bertz CT molecular complexity index is 582. The summed E-state index contributed by atoms with van der Waals surface area (Å²) in [6, 6.07) is 9.33. The van der Waals surface area contributed by atoms with Crippen LogP contribution < -0.4 is 15.8 Å². The number of rotatable bonds is 5. The molecule has 1 aromatic heterocycles. The summed E-state index contributed by atoms with van der Waals surface area (Å²) in [6.07, 6.45) is 0. The number of nitrogens with two attached hydrogens (primary N) is 1. The van der Waals surface area contributed by atoms with E-state index in [1.807, 2.05) is 37.4 Å². The van der Waals surface area contributed by atoms with Gasteiger partial charge in [-0.05, 0) is 49.1 Å². The molecule has 0 aliphatic carbocycles. The number of aryl methyl sites for hydroxylation is 1. The van der Waals surface area contributed by atoms with Gasteiger partial charge in [-0.3, -0.25) is 4.79 Å². The summed E-state index contributed by atoms with van der Waals surface area (Å²) in [4.78, 5) is 13.0. The van der Waals surface area contributed by atoms with E-state index >= 15 is 0 Å². The fourth-order valence-electron chi connectivity index (χ4n) is 1.87. The summed E-state index contributed by atoms with van der Waals surface area (Å²) in [6.45, 7) is 3.86. The molecule has 0 aliphatic heterocycles. The molecular formula is C15H18N2O2S. The first-order valence-electron chi connectivity index (χ1n) is 6.38. The molecule has 0 spiro atoms. The van der Waals surface area contributed by atoms with Gasteiger partial charge in [0.2, 0.25) is 0 Å². The van der Waals surface area contributed by atoms with E-state index in [1.54, 1.807) is 23.5 Å². The number of anilines is 1. The Morgan fingerprint density at radius 1 is 1.45 bits per heavy atom. The van der Waals surface area contributed by atoms with Crippen LogP contribution in [0.25, 0.3) is 0 Å². The van der Waals surface area contributed by atoms with Gasteiger partial charge in [-0.15, -0.1) is 11.3 Å². The molecule has 3 N–H and O–H groups in total. The van der Waals surface area contributed by atoms with Crippen molar-refractivity contribution in [3.8, 4) is 5.75 Å². The fraction of sp³-hybridized carbons (Fsp3) is 0.267. The zero-order valence-corrected chi connectivity index (χ0v) is 12.4. The zero-order valence-electron chi connectivity index (χ0n) is 11.6. The average Bonchev–Trinajstić information content (AvgIpc) is 2.91. The Labute approximate surface area is 122 Å². The fourth-order valence-corrected chi connectivity index (χ4v) is 2.60. The smallest absolute Gasteiger partial charge is 0.258 e. The molecule has 1 heterocycles. The Kier molecular flexibility index (Phi) is 4.63. The van der Waals surface area contributed by atoms with E-state index in [-0.39, 0.29) is 18.6 Å². The highest BCUT2D eigenvalue weighted by Gasteiger charge is 2.11. The summed E-state index contributed by atoms with van der Waals surface area (Å²) < 4.78 is 5.51. The van der Waals surface area contributed by atoms with Gasteiger partial charge in [-0.25, -0.2) is 0 Å². The van der Waals surface area contributed by atoms with Gasteiger partial charge < -0.3 is 15.8 Å². The second-order valence-electron chi connectivity index (χ2n) is 4.62. The van der Waals surface area contributed by atoms with Crippen LogP contribution in [0.1, 0.15) is 23.4 Å². The number of nitrogens with one attached hydrogen (secondary N) is 1. The third kappa shape index (κ3) is 3.74. The van der Waals surface area contributed by atoms with E-state index in [0.717, 1.165) is 10.4 Å². The van der Waals surface area contributed by atoms with Gasteiger partial charge in [-0.1, -0.05) is 6.07 Å². The molecule has 0 radical (unpaired) electrons. The number of amides is 1. The molecule has 1 atom stereocenters. The standard InChI is InChI=1S/C15H18N2O2S/c1-10-8-12(16)5-6-13(10)19-9-15(18)17-11(2)14-4-3-7-20-14/h3-8,11H,9,16H2,1-2H3,(H,17,18). The Balaban J connectivity index is 1.86. The molecule has 0 saturated heterocycles. The molecule has 1 aromatic carbocycles. The zero-order chi connectivity index (χ0) is 14.5. The monoisotopic (exact) mass is 290 g/mol. The summed E-state index contributed by atoms with van der Waals surface area (Å²) in [5.74, 6) is 0.542. The van der Waals surface area contributed by atoms with Gasteiger partial charge in [0.15, 0.2) is 6.61 Å². The maximum atomic E-state index is 11.8. The van der Waals surface area contributed by atoms with E-state index in [0.29, 0.717) is 11.4 Å². The number of nitrogen functional groups attached to an aromatic ring is 1. The minimum atomic E-state index is -0.137. The van der Waals surface area contributed by atoms with Gasteiger partial charge in [0.25, 0.3) is 5.91 Å². The van der Waals surface area contributed by atoms with Gasteiger partial charge in [-0.2, -0.15) is 0 Å².